The number of hydrogen-bond donors (Lipinski definition) is 3. The van der Waals surface area contributed by atoms with Crippen LogP contribution in [0.15, 0.2) is 0 Å². The van der Waals surface area contributed by atoms with Crippen molar-refractivity contribution in [1.82, 2.24) is 0 Å². The van der Waals surface area contributed by atoms with E-state index < -0.39 is 0 Å². The summed E-state index contributed by atoms with van der Waals surface area (Å²) < 4.78 is 20.7. The Bertz CT molecular complexity index is 220. The Morgan fingerprint density at radius 2 is 0.958 bits per heavy atom. The van der Waals surface area contributed by atoms with E-state index in [4.69, 9.17) is 36.1 Å². The Morgan fingerprint density at radius 1 is 0.542 bits per heavy atom. The quantitative estimate of drug-likeness (QED) is 0.226. The third-order valence-corrected chi connectivity index (χ3v) is 2.67. The molecule has 0 fully saturated rings. The summed E-state index contributed by atoms with van der Waals surface area (Å²) in [5.41, 5.74) is 15.7. The van der Waals surface area contributed by atoms with Gasteiger partial charge in [-0.25, -0.2) is 0 Å². The molecule has 24 heavy (non-hydrogen) atoms. The first-order valence-electron chi connectivity index (χ1n) is 8.68. The average Bonchev–Trinajstić information content (AvgIpc) is 2.60. The van der Waals surface area contributed by atoms with Gasteiger partial charge in [-0.15, -0.1) is 0 Å². The predicted molar refractivity (Wildman–Crippen MR) is 95.0 cm³/mol. The minimum Gasteiger partial charge on any atom is -0.379 e. The highest BCUT2D eigenvalue weighted by Gasteiger charge is 1.92. The molecule has 0 aromatic rings. The van der Waals surface area contributed by atoms with Gasteiger partial charge in [0.25, 0.3) is 0 Å². The van der Waals surface area contributed by atoms with Crippen LogP contribution in [0.1, 0.15) is 25.7 Å². The zero-order valence-electron chi connectivity index (χ0n) is 15.0. The van der Waals surface area contributed by atoms with E-state index in [2.05, 4.69) is 0 Å². The highest BCUT2D eigenvalue weighted by Crippen LogP contribution is 1.88. The van der Waals surface area contributed by atoms with Crippen LogP contribution in [-0.2, 0) is 23.7 Å². The lowest BCUT2D eigenvalue weighted by atomic mass is 10.2. The smallest absolute Gasteiger partial charge is 0.122 e. The van der Waals surface area contributed by atoms with E-state index in [9.17, 15) is 4.79 Å². The van der Waals surface area contributed by atoms with E-state index in [0.717, 1.165) is 32.2 Å². The topological polar surface area (TPSA) is 132 Å². The first kappa shape index (κ1) is 25.6. The summed E-state index contributed by atoms with van der Waals surface area (Å²) in [4.78, 5) is 9.96. The number of hydrogen-bond acceptors (Lipinski definition) is 8. The second-order valence-electron chi connectivity index (χ2n) is 4.83. The summed E-state index contributed by atoms with van der Waals surface area (Å²) in [5.74, 6) is 0. The van der Waals surface area contributed by atoms with E-state index in [1.807, 2.05) is 0 Å². The lowest BCUT2D eigenvalue weighted by Gasteiger charge is -2.06. The van der Waals surface area contributed by atoms with Gasteiger partial charge in [-0.2, -0.15) is 0 Å². The molecule has 146 valence electrons. The molecule has 0 aliphatic carbocycles. The van der Waals surface area contributed by atoms with Crippen LogP contribution in [0.5, 0.6) is 0 Å². The molecule has 0 atom stereocenters. The number of aldehydes is 1. The van der Waals surface area contributed by atoms with Crippen LogP contribution in [0, 0.1) is 0 Å². The van der Waals surface area contributed by atoms with Gasteiger partial charge in [0, 0.05) is 13.0 Å². The van der Waals surface area contributed by atoms with Crippen molar-refractivity contribution in [3.05, 3.63) is 0 Å². The maximum atomic E-state index is 9.96. The highest BCUT2D eigenvalue weighted by atomic mass is 16.6. The van der Waals surface area contributed by atoms with Gasteiger partial charge in [-0.05, 0) is 25.9 Å². The van der Waals surface area contributed by atoms with Crippen molar-refractivity contribution in [1.29, 1.82) is 0 Å². The molecule has 8 nitrogen and oxygen atoms in total. The van der Waals surface area contributed by atoms with Crippen molar-refractivity contribution < 1.29 is 23.7 Å². The number of ether oxygens (including phenoxy) is 4. The monoisotopic (exact) mass is 351 g/mol. The number of carbonyl (C=O) groups is 1. The van der Waals surface area contributed by atoms with E-state index in [0.29, 0.717) is 65.8 Å². The van der Waals surface area contributed by atoms with Gasteiger partial charge in [0.1, 0.15) is 6.29 Å². The Hall–Kier alpha value is -0.610. The van der Waals surface area contributed by atoms with Crippen LogP contribution in [0.3, 0.4) is 0 Å². The van der Waals surface area contributed by atoms with Crippen molar-refractivity contribution in [2.45, 2.75) is 25.7 Å². The van der Waals surface area contributed by atoms with E-state index in [-0.39, 0.29) is 0 Å². The Kier molecular flexibility index (Phi) is 29.1. The molecule has 0 rings (SSSR count). The third-order valence-electron chi connectivity index (χ3n) is 2.67. The summed E-state index contributed by atoms with van der Waals surface area (Å²) in [7, 11) is 0. The minimum absolute atomic E-state index is 0.436. The second-order valence-corrected chi connectivity index (χ2v) is 4.83. The first-order chi connectivity index (χ1) is 11.8. The van der Waals surface area contributed by atoms with E-state index >= 15 is 0 Å². The first-order valence-corrected chi connectivity index (χ1v) is 8.68. The van der Waals surface area contributed by atoms with Gasteiger partial charge in [-0.1, -0.05) is 6.42 Å². The Morgan fingerprint density at radius 3 is 1.33 bits per heavy atom. The van der Waals surface area contributed by atoms with E-state index in [1.54, 1.807) is 0 Å². The highest BCUT2D eigenvalue weighted by molar-refractivity contribution is 5.49. The largest absolute Gasteiger partial charge is 0.379 e. The summed E-state index contributed by atoms with van der Waals surface area (Å²) >= 11 is 0. The predicted octanol–water partition coefficient (Wildman–Crippen LogP) is -0.325. The normalized spacial score (nSPS) is 10.3. The summed E-state index contributed by atoms with van der Waals surface area (Å²) in [5, 5.41) is 0. The molecule has 0 bridgehead atoms. The molecule has 8 heteroatoms. The summed E-state index contributed by atoms with van der Waals surface area (Å²) in [6.45, 7) is 6.39. The van der Waals surface area contributed by atoms with Gasteiger partial charge in [0.15, 0.2) is 0 Å². The SMILES string of the molecule is NCCCCCN.NCCOCCOCCOCCOCCC=O. The van der Waals surface area contributed by atoms with Crippen molar-refractivity contribution in [3.63, 3.8) is 0 Å². The minimum atomic E-state index is 0.436. The molecule has 0 spiro atoms. The average molecular weight is 351 g/mol. The van der Waals surface area contributed by atoms with Crippen molar-refractivity contribution in [3.8, 4) is 0 Å². The van der Waals surface area contributed by atoms with Crippen LogP contribution in [0.4, 0.5) is 0 Å². The molecule has 0 aromatic carbocycles. The molecule has 0 unspecified atom stereocenters. The molecule has 6 N–H and O–H groups in total. The molecular formula is C16H37N3O5. The lowest BCUT2D eigenvalue weighted by Crippen LogP contribution is -2.14. The summed E-state index contributed by atoms with van der Waals surface area (Å²) in [6.07, 6.45) is 4.70. The van der Waals surface area contributed by atoms with E-state index in [1.165, 1.54) is 6.42 Å². The molecule has 0 aromatic heterocycles. The molecule has 0 saturated heterocycles. The fourth-order valence-corrected chi connectivity index (χ4v) is 1.44. The maximum Gasteiger partial charge on any atom is 0.122 e. The number of unbranched alkanes of at least 4 members (excludes halogenated alkanes) is 2. The zero-order valence-corrected chi connectivity index (χ0v) is 15.0. The van der Waals surface area contributed by atoms with Gasteiger partial charge in [-0.3, -0.25) is 0 Å². The summed E-state index contributed by atoms with van der Waals surface area (Å²) in [6, 6.07) is 0. The Labute approximate surface area is 146 Å². The zero-order chi connectivity index (χ0) is 18.1. The van der Waals surface area contributed by atoms with Gasteiger partial charge >= 0.3 is 0 Å². The molecule has 0 aliphatic rings. The van der Waals surface area contributed by atoms with Crippen LogP contribution in [0.25, 0.3) is 0 Å². The number of nitrogens with two attached hydrogens (primary N) is 3. The van der Waals surface area contributed by atoms with Crippen LogP contribution in [0.2, 0.25) is 0 Å². The van der Waals surface area contributed by atoms with Crippen molar-refractivity contribution in [2.24, 2.45) is 17.2 Å². The number of rotatable bonds is 18. The van der Waals surface area contributed by atoms with Gasteiger partial charge in [0.05, 0.1) is 52.9 Å². The van der Waals surface area contributed by atoms with Crippen molar-refractivity contribution >= 4 is 6.29 Å². The molecular weight excluding hydrogens is 314 g/mol. The van der Waals surface area contributed by atoms with Crippen LogP contribution >= 0.6 is 0 Å². The van der Waals surface area contributed by atoms with Crippen LogP contribution < -0.4 is 17.2 Å². The molecule has 0 amide bonds. The third kappa shape index (κ3) is 29.4. The van der Waals surface area contributed by atoms with Gasteiger partial charge in [0.2, 0.25) is 0 Å². The fraction of sp³-hybridized carbons (Fsp3) is 0.938. The molecule has 0 aliphatic heterocycles. The molecule has 0 radical (unpaired) electrons. The molecule has 0 saturated carbocycles. The standard InChI is InChI=1S/C11H23NO5.C5H14N2/c12-2-5-15-7-9-17-11-10-16-8-6-14-4-1-3-13;6-4-2-1-3-5-7/h3H,1-2,4-12H2;1-7H2. The number of carbonyl (C=O) groups excluding carboxylic acids is 1. The maximum absolute atomic E-state index is 9.96. The molecule has 0 heterocycles. The lowest BCUT2D eigenvalue weighted by molar-refractivity contribution is -0.108. The van der Waals surface area contributed by atoms with Crippen molar-refractivity contribution in [2.75, 3.05) is 72.5 Å². The van der Waals surface area contributed by atoms with Gasteiger partial charge < -0.3 is 40.9 Å². The Balaban J connectivity index is 0. The van der Waals surface area contributed by atoms with Crippen LogP contribution in [-0.4, -0.2) is 78.8 Å². The second kappa shape index (κ2) is 27.2. The fourth-order valence-electron chi connectivity index (χ4n) is 1.44.